The van der Waals surface area contributed by atoms with Crippen LogP contribution in [0.1, 0.15) is 23.5 Å². The van der Waals surface area contributed by atoms with Crippen LogP contribution in [0.15, 0.2) is 36.4 Å². The van der Waals surface area contributed by atoms with Gasteiger partial charge < -0.3 is 15.2 Å². The van der Waals surface area contributed by atoms with Gasteiger partial charge >= 0.3 is 0 Å². The van der Waals surface area contributed by atoms with Crippen molar-refractivity contribution >= 4 is 17.2 Å². The predicted octanol–water partition coefficient (Wildman–Crippen LogP) is 2.92. The number of hydrogen-bond acceptors (Lipinski definition) is 4. The number of carbonyl (C=O) groups is 1. The lowest BCUT2D eigenvalue weighted by Gasteiger charge is -2.10. The molecule has 2 rings (SSSR count). The van der Waals surface area contributed by atoms with Gasteiger partial charge in [0.05, 0.1) is 13.2 Å². The summed E-state index contributed by atoms with van der Waals surface area (Å²) in [7, 11) is 0. The fourth-order valence-corrected chi connectivity index (χ4v) is 2.88. The zero-order valence-corrected chi connectivity index (χ0v) is 12.9. The van der Waals surface area contributed by atoms with Gasteiger partial charge in [0.1, 0.15) is 10.6 Å². The van der Waals surface area contributed by atoms with Crippen LogP contribution >= 0.6 is 11.3 Å². The van der Waals surface area contributed by atoms with Crippen molar-refractivity contribution in [3.63, 3.8) is 0 Å². The van der Waals surface area contributed by atoms with Crippen molar-refractivity contribution in [3.8, 4) is 16.2 Å². The maximum atomic E-state index is 12.3. The number of benzene rings is 1. The number of nitrogens with one attached hydrogen (secondary N) is 1. The number of hydrogen-bond donors (Lipinski definition) is 2. The molecule has 2 N–H and O–H groups in total. The van der Waals surface area contributed by atoms with Gasteiger partial charge in [-0.2, -0.15) is 0 Å². The van der Waals surface area contributed by atoms with Crippen LogP contribution in [0.2, 0.25) is 0 Å². The van der Waals surface area contributed by atoms with E-state index in [1.807, 2.05) is 43.3 Å². The molecule has 0 aliphatic carbocycles. The molecule has 0 spiro atoms. The molecule has 1 atom stereocenters. The van der Waals surface area contributed by atoms with Crippen molar-refractivity contribution in [2.24, 2.45) is 0 Å². The van der Waals surface area contributed by atoms with Crippen molar-refractivity contribution in [2.45, 2.75) is 19.9 Å². The average molecular weight is 305 g/mol. The summed E-state index contributed by atoms with van der Waals surface area (Å²) in [5.41, 5.74) is 1.05. The number of ether oxygens (including phenoxy) is 1. The first-order valence-electron chi connectivity index (χ1n) is 6.89. The van der Waals surface area contributed by atoms with Gasteiger partial charge in [-0.3, -0.25) is 4.79 Å². The maximum Gasteiger partial charge on any atom is 0.265 e. The second-order valence-electron chi connectivity index (χ2n) is 4.66. The monoisotopic (exact) mass is 305 g/mol. The second-order valence-corrected chi connectivity index (χ2v) is 5.71. The summed E-state index contributed by atoms with van der Waals surface area (Å²) in [5, 5.41) is 11.8. The van der Waals surface area contributed by atoms with E-state index in [-0.39, 0.29) is 18.6 Å². The molecule has 0 saturated heterocycles. The minimum atomic E-state index is -0.283. The Bertz CT molecular complexity index is 595. The van der Waals surface area contributed by atoms with Gasteiger partial charge in [-0.15, -0.1) is 11.3 Å². The Morgan fingerprint density at radius 1 is 1.38 bits per heavy atom. The molecule has 0 fully saturated rings. The zero-order valence-electron chi connectivity index (χ0n) is 12.1. The highest BCUT2D eigenvalue weighted by molar-refractivity contribution is 7.17. The number of carbonyl (C=O) groups excluding carboxylic acids is 1. The fourth-order valence-electron chi connectivity index (χ4n) is 1.87. The van der Waals surface area contributed by atoms with Crippen molar-refractivity contribution in [3.05, 3.63) is 41.3 Å². The number of rotatable bonds is 6. The molecular formula is C16H19NO3S. The molecule has 2 aromatic rings. The minimum Gasteiger partial charge on any atom is -0.492 e. The Labute approximate surface area is 128 Å². The summed E-state index contributed by atoms with van der Waals surface area (Å²) in [6.07, 6.45) is 0. The molecular weight excluding hydrogens is 286 g/mol. The largest absolute Gasteiger partial charge is 0.492 e. The third-order valence-corrected chi connectivity index (χ3v) is 4.08. The van der Waals surface area contributed by atoms with Crippen LogP contribution in [-0.4, -0.2) is 30.3 Å². The van der Waals surface area contributed by atoms with Gasteiger partial charge in [0.15, 0.2) is 0 Å². The molecule has 1 aromatic carbocycles. The standard InChI is InChI=1S/C16H19NO3S/c1-3-20-13-9-14(12-7-5-4-6-8-12)21-15(13)16(19)17-11(2)10-18/h4-9,11,18H,3,10H2,1-2H3,(H,17,19). The van der Waals surface area contributed by atoms with Crippen LogP contribution in [0.3, 0.4) is 0 Å². The normalized spacial score (nSPS) is 12.0. The summed E-state index contributed by atoms with van der Waals surface area (Å²) >= 11 is 1.39. The second kappa shape index (κ2) is 7.24. The molecule has 21 heavy (non-hydrogen) atoms. The van der Waals surface area contributed by atoms with Crippen LogP contribution in [0.5, 0.6) is 5.75 Å². The van der Waals surface area contributed by atoms with Crippen molar-refractivity contribution in [1.82, 2.24) is 5.32 Å². The van der Waals surface area contributed by atoms with Gasteiger partial charge in [-0.1, -0.05) is 30.3 Å². The third-order valence-electron chi connectivity index (χ3n) is 2.91. The molecule has 0 aliphatic rings. The van der Waals surface area contributed by atoms with Crippen LogP contribution in [-0.2, 0) is 0 Å². The van der Waals surface area contributed by atoms with Crippen LogP contribution < -0.4 is 10.1 Å². The lowest BCUT2D eigenvalue weighted by molar-refractivity contribution is 0.0923. The predicted molar refractivity (Wildman–Crippen MR) is 84.9 cm³/mol. The van der Waals surface area contributed by atoms with Crippen LogP contribution in [0.4, 0.5) is 0 Å². The number of amides is 1. The highest BCUT2D eigenvalue weighted by Gasteiger charge is 2.19. The Morgan fingerprint density at radius 2 is 2.10 bits per heavy atom. The summed E-state index contributed by atoms with van der Waals surface area (Å²) in [4.78, 5) is 13.8. The Balaban J connectivity index is 2.31. The van der Waals surface area contributed by atoms with Crippen LogP contribution in [0, 0.1) is 0 Å². The first-order valence-corrected chi connectivity index (χ1v) is 7.71. The number of aliphatic hydroxyl groups is 1. The SMILES string of the molecule is CCOc1cc(-c2ccccc2)sc1C(=O)NC(C)CO. The Hall–Kier alpha value is -1.85. The van der Waals surface area contributed by atoms with Gasteiger partial charge in [0.2, 0.25) is 0 Å². The van der Waals surface area contributed by atoms with Crippen molar-refractivity contribution < 1.29 is 14.6 Å². The van der Waals surface area contributed by atoms with E-state index in [0.29, 0.717) is 17.2 Å². The fraction of sp³-hybridized carbons (Fsp3) is 0.312. The molecule has 112 valence electrons. The average Bonchev–Trinajstić information content (AvgIpc) is 2.92. The lowest BCUT2D eigenvalue weighted by Crippen LogP contribution is -2.34. The highest BCUT2D eigenvalue weighted by atomic mass is 32.1. The minimum absolute atomic E-state index is 0.0906. The zero-order chi connectivity index (χ0) is 15.2. The lowest BCUT2D eigenvalue weighted by atomic mass is 10.2. The topological polar surface area (TPSA) is 58.6 Å². The molecule has 0 saturated carbocycles. The molecule has 1 aromatic heterocycles. The van der Waals surface area contributed by atoms with E-state index in [1.54, 1.807) is 6.92 Å². The maximum absolute atomic E-state index is 12.3. The van der Waals surface area contributed by atoms with E-state index in [0.717, 1.165) is 10.4 Å². The van der Waals surface area contributed by atoms with Crippen molar-refractivity contribution in [1.29, 1.82) is 0 Å². The molecule has 0 bridgehead atoms. The molecule has 0 radical (unpaired) electrons. The van der Waals surface area contributed by atoms with E-state index in [1.165, 1.54) is 11.3 Å². The number of aliphatic hydroxyl groups excluding tert-OH is 1. The van der Waals surface area contributed by atoms with E-state index in [9.17, 15) is 4.79 Å². The van der Waals surface area contributed by atoms with Crippen molar-refractivity contribution in [2.75, 3.05) is 13.2 Å². The quantitative estimate of drug-likeness (QED) is 0.862. The van der Waals surface area contributed by atoms with E-state index < -0.39 is 0 Å². The van der Waals surface area contributed by atoms with Gasteiger partial charge in [-0.25, -0.2) is 0 Å². The molecule has 1 amide bonds. The van der Waals surface area contributed by atoms with Gasteiger partial charge in [-0.05, 0) is 25.5 Å². The summed E-state index contributed by atoms with van der Waals surface area (Å²) in [5.74, 6) is 0.371. The highest BCUT2D eigenvalue weighted by Crippen LogP contribution is 2.36. The Morgan fingerprint density at radius 3 is 2.71 bits per heavy atom. The smallest absolute Gasteiger partial charge is 0.265 e. The van der Waals surface area contributed by atoms with Gasteiger partial charge in [0, 0.05) is 10.9 Å². The molecule has 0 aliphatic heterocycles. The first kappa shape index (κ1) is 15.5. The van der Waals surface area contributed by atoms with Gasteiger partial charge in [0.25, 0.3) is 5.91 Å². The molecule has 1 unspecified atom stereocenters. The van der Waals surface area contributed by atoms with E-state index in [2.05, 4.69) is 5.32 Å². The van der Waals surface area contributed by atoms with Crippen LogP contribution in [0.25, 0.3) is 10.4 Å². The molecule has 5 heteroatoms. The first-order chi connectivity index (χ1) is 10.2. The summed E-state index contributed by atoms with van der Waals surface area (Å²) in [6, 6.07) is 11.5. The van der Waals surface area contributed by atoms with E-state index >= 15 is 0 Å². The van der Waals surface area contributed by atoms with E-state index in [4.69, 9.17) is 9.84 Å². The molecule has 1 heterocycles. The summed E-state index contributed by atoms with van der Waals surface area (Å²) in [6.45, 7) is 4.05. The third kappa shape index (κ3) is 3.83. The Kier molecular flexibility index (Phi) is 5.36. The summed E-state index contributed by atoms with van der Waals surface area (Å²) < 4.78 is 5.56. The molecule has 4 nitrogen and oxygen atoms in total. The number of thiophene rings is 1.